The van der Waals surface area contributed by atoms with Crippen molar-refractivity contribution in [2.24, 2.45) is 11.7 Å². The van der Waals surface area contributed by atoms with Gasteiger partial charge >= 0.3 is 0 Å². The Bertz CT molecular complexity index is 657. The lowest BCUT2D eigenvalue weighted by atomic mass is 9.97. The molecule has 4 N–H and O–H groups in total. The van der Waals surface area contributed by atoms with Crippen LogP contribution in [-0.2, 0) is 9.59 Å². The van der Waals surface area contributed by atoms with Crippen LogP contribution in [0.1, 0.15) is 37.6 Å². The molecule has 0 radical (unpaired) electrons. The maximum atomic E-state index is 12.4. The SMILES string of the molecule is CC(=O)N1c2ccc(C(=O)NCCN)cc2NC(=O)C1CC(C)C. The third-order valence-corrected chi connectivity index (χ3v) is 3.85. The molecule has 0 aliphatic carbocycles. The van der Waals surface area contributed by atoms with Gasteiger partial charge in [0.25, 0.3) is 5.91 Å². The second-order valence-corrected chi connectivity index (χ2v) is 6.30. The summed E-state index contributed by atoms with van der Waals surface area (Å²) in [5, 5.41) is 5.49. The average molecular weight is 332 g/mol. The lowest BCUT2D eigenvalue weighted by molar-refractivity contribution is -0.123. The third-order valence-electron chi connectivity index (χ3n) is 3.85. The highest BCUT2D eigenvalue weighted by molar-refractivity contribution is 6.12. The van der Waals surface area contributed by atoms with E-state index in [1.165, 1.54) is 11.8 Å². The maximum Gasteiger partial charge on any atom is 0.251 e. The van der Waals surface area contributed by atoms with Crippen molar-refractivity contribution >= 4 is 29.1 Å². The lowest BCUT2D eigenvalue weighted by Crippen LogP contribution is -2.51. The number of hydrogen-bond acceptors (Lipinski definition) is 4. The Balaban J connectivity index is 2.36. The lowest BCUT2D eigenvalue weighted by Gasteiger charge is -2.36. The van der Waals surface area contributed by atoms with Crippen molar-refractivity contribution in [2.75, 3.05) is 23.3 Å². The molecule has 24 heavy (non-hydrogen) atoms. The van der Waals surface area contributed by atoms with Crippen LogP contribution in [0.15, 0.2) is 18.2 Å². The molecule has 130 valence electrons. The summed E-state index contributed by atoms with van der Waals surface area (Å²) >= 11 is 0. The Morgan fingerprint density at radius 1 is 1.38 bits per heavy atom. The van der Waals surface area contributed by atoms with E-state index in [4.69, 9.17) is 5.73 Å². The molecular weight excluding hydrogens is 308 g/mol. The van der Waals surface area contributed by atoms with Crippen LogP contribution in [0.3, 0.4) is 0 Å². The predicted molar refractivity (Wildman–Crippen MR) is 92.9 cm³/mol. The fourth-order valence-corrected chi connectivity index (χ4v) is 2.82. The van der Waals surface area contributed by atoms with Gasteiger partial charge in [0.2, 0.25) is 11.8 Å². The Morgan fingerprint density at radius 2 is 2.08 bits per heavy atom. The summed E-state index contributed by atoms with van der Waals surface area (Å²) in [6, 6.07) is 4.39. The van der Waals surface area contributed by atoms with Crippen molar-refractivity contribution < 1.29 is 14.4 Å². The van der Waals surface area contributed by atoms with Crippen LogP contribution >= 0.6 is 0 Å². The number of nitrogens with zero attached hydrogens (tertiary/aromatic N) is 1. The molecule has 7 heteroatoms. The van der Waals surface area contributed by atoms with E-state index in [0.29, 0.717) is 36.4 Å². The number of hydrogen-bond donors (Lipinski definition) is 3. The summed E-state index contributed by atoms with van der Waals surface area (Å²) in [6.45, 7) is 6.18. The van der Waals surface area contributed by atoms with E-state index in [-0.39, 0.29) is 23.6 Å². The summed E-state index contributed by atoms with van der Waals surface area (Å²) in [4.78, 5) is 38.1. The van der Waals surface area contributed by atoms with Crippen molar-refractivity contribution in [3.05, 3.63) is 23.8 Å². The van der Waals surface area contributed by atoms with Crippen molar-refractivity contribution in [1.29, 1.82) is 0 Å². The summed E-state index contributed by atoms with van der Waals surface area (Å²) in [5.41, 5.74) is 6.87. The van der Waals surface area contributed by atoms with Crippen LogP contribution in [0.5, 0.6) is 0 Å². The van der Waals surface area contributed by atoms with E-state index in [9.17, 15) is 14.4 Å². The summed E-state index contributed by atoms with van der Waals surface area (Å²) in [5.74, 6) is -0.426. The Hall–Kier alpha value is -2.41. The van der Waals surface area contributed by atoms with Crippen LogP contribution in [0.25, 0.3) is 0 Å². The Kier molecular flexibility index (Phi) is 5.56. The zero-order chi connectivity index (χ0) is 17.9. The summed E-state index contributed by atoms with van der Waals surface area (Å²) in [7, 11) is 0. The molecule has 0 saturated carbocycles. The number of nitrogens with one attached hydrogen (secondary N) is 2. The zero-order valence-electron chi connectivity index (χ0n) is 14.3. The second kappa shape index (κ2) is 7.44. The van der Waals surface area contributed by atoms with Gasteiger partial charge in [-0.25, -0.2) is 0 Å². The molecule has 0 aromatic heterocycles. The van der Waals surface area contributed by atoms with Crippen molar-refractivity contribution in [2.45, 2.75) is 33.2 Å². The largest absolute Gasteiger partial charge is 0.351 e. The minimum atomic E-state index is -0.535. The number of nitrogens with two attached hydrogens (primary N) is 1. The Labute approximate surface area is 141 Å². The van der Waals surface area contributed by atoms with E-state index in [0.717, 1.165) is 0 Å². The third kappa shape index (κ3) is 3.73. The summed E-state index contributed by atoms with van der Waals surface area (Å²) < 4.78 is 0. The highest BCUT2D eigenvalue weighted by Gasteiger charge is 2.35. The van der Waals surface area contributed by atoms with Crippen LogP contribution < -0.4 is 21.3 Å². The number of benzene rings is 1. The molecule has 7 nitrogen and oxygen atoms in total. The molecule has 1 heterocycles. The van der Waals surface area contributed by atoms with Gasteiger partial charge in [-0.1, -0.05) is 13.8 Å². The standard InChI is InChI=1S/C17H24N4O3/c1-10(2)8-15-17(24)20-13-9-12(16(23)19-7-6-18)4-5-14(13)21(15)11(3)22/h4-5,9-10,15H,6-8,18H2,1-3H3,(H,19,23)(H,20,24). The molecular formula is C17H24N4O3. The van der Waals surface area contributed by atoms with Gasteiger partial charge < -0.3 is 16.4 Å². The van der Waals surface area contributed by atoms with Gasteiger partial charge in [-0.2, -0.15) is 0 Å². The molecule has 1 aromatic carbocycles. The maximum absolute atomic E-state index is 12.4. The highest BCUT2D eigenvalue weighted by Crippen LogP contribution is 2.34. The number of anilines is 2. The molecule has 0 bridgehead atoms. The second-order valence-electron chi connectivity index (χ2n) is 6.30. The average Bonchev–Trinajstić information content (AvgIpc) is 2.51. The van der Waals surface area contributed by atoms with Crippen LogP contribution in [0, 0.1) is 5.92 Å². The first-order valence-electron chi connectivity index (χ1n) is 8.08. The molecule has 1 aliphatic heterocycles. The molecule has 1 aliphatic rings. The van der Waals surface area contributed by atoms with E-state index in [2.05, 4.69) is 10.6 Å². The predicted octanol–water partition coefficient (Wildman–Crippen LogP) is 1.09. The first-order chi connectivity index (χ1) is 11.3. The first-order valence-corrected chi connectivity index (χ1v) is 8.08. The Morgan fingerprint density at radius 3 is 2.67 bits per heavy atom. The van der Waals surface area contributed by atoms with Gasteiger partial charge in [0, 0.05) is 25.6 Å². The molecule has 3 amide bonds. The van der Waals surface area contributed by atoms with Crippen molar-refractivity contribution in [3.8, 4) is 0 Å². The van der Waals surface area contributed by atoms with Gasteiger partial charge in [0.05, 0.1) is 11.4 Å². The fraction of sp³-hybridized carbons (Fsp3) is 0.471. The van der Waals surface area contributed by atoms with Crippen LogP contribution in [0.4, 0.5) is 11.4 Å². The van der Waals surface area contributed by atoms with Crippen LogP contribution in [-0.4, -0.2) is 36.9 Å². The van der Waals surface area contributed by atoms with E-state index in [1.807, 2.05) is 13.8 Å². The highest BCUT2D eigenvalue weighted by atomic mass is 16.2. The van der Waals surface area contributed by atoms with Gasteiger partial charge in [-0.15, -0.1) is 0 Å². The molecule has 1 aromatic rings. The summed E-state index contributed by atoms with van der Waals surface area (Å²) in [6.07, 6.45) is 0.573. The molecule has 2 rings (SSSR count). The topological polar surface area (TPSA) is 105 Å². The molecule has 0 fully saturated rings. The molecule has 1 unspecified atom stereocenters. The minimum Gasteiger partial charge on any atom is -0.351 e. The zero-order valence-corrected chi connectivity index (χ0v) is 14.3. The molecule has 0 spiro atoms. The monoisotopic (exact) mass is 332 g/mol. The number of rotatable bonds is 5. The number of amides is 3. The number of carbonyl (C=O) groups excluding carboxylic acids is 3. The number of fused-ring (bicyclic) bond motifs is 1. The first kappa shape index (κ1) is 17.9. The quantitative estimate of drug-likeness (QED) is 0.751. The van der Waals surface area contributed by atoms with E-state index >= 15 is 0 Å². The fourth-order valence-electron chi connectivity index (χ4n) is 2.82. The molecule has 1 atom stereocenters. The van der Waals surface area contributed by atoms with Crippen molar-refractivity contribution in [3.63, 3.8) is 0 Å². The smallest absolute Gasteiger partial charge is 0.251 e. The number of carbonyl (C=O) groups is 3. The van der Waals surface area contributed by atoms with Gasteiger partial charge in [-0.05, 0) is 30.5 Å². The van der Waals surface area contributed by atoms with E-state index in [1.54, 1.807) is 18.2 Å². The van der Waals surface area contributed by atoms with Gasteiger partial charge in [-0.3, -0.25) is 19.3 Å². The van der Waals surface area contributed by atoms with Crippen LogP contribution in [0.2, 0.25) is 0 Å². The normalized spacial score (nSPS) is 16.6. The molecule has 0 saturated heterocycles. The van der Waals surface area contributed by atoms with Crippen molar-refractivity contribution in [1.82, 2.24) is 5.32 Å². The van der Waals surface area contributed by atoms with Gasteiger partial charge in [0.1, 0.15) is 6.04 Å². The minimum absolute atomic E-state index is 0.197. The van der Waals surface area contributed by atoms with E-state index < -0.39 is 6.04 Å². The van der Waals surface area contributed by atoms with Gasteiger partial charge in [0.15, 0.2) is 0 Å².